The van der Waals surface area contributed by atoms with E-state index in [2.05, 4.69) is 12.2 Å². The van der Waals surface area contributed by atoms with Crippen LogP contribution in [0.1, 0.15) is 42.4 Å². The first kappa shape index (κ1) is 20.4. The zero-order valence-corrected chi connectivity index (χ0v) is 17.9. The number of nitrogens with zero attached hydrogens (tertiary/aromatic N) is 1. The molecule has 0 saturated carbocycles. The van der Waals surface area contributed by atoms with Gasteiger partial charge in [-0.15, -0.1) is 0 Å². The lowest BCUT2D eigenvalue weighted by Gasteiger charge is -2.44. The second kappa shape index (κ2) is 8.11. The highest BCUT2D eigenvalue weighted by molar-refractivity contribution is 7.89. The summed E-state index contributed by atoms with van der Waals surface area (Å²) >= 11 is 0. The third kappa shape index (κ3) is 3.56. The Balaban J connectivity index is 1.94. The van der Waals surface area contributed by atoms with Gasteiger partial charge in [-0.2, -0.15) is 0 Å². The molecule has 4 rings (SSSR count). The van der Waals surface area contributed by atoms with Crippen molar-refractivity contribution in [3.8, 4) is 0 Å². The Hall–Kier alpha value is -2.86. The van der Waals surface area contributed by atoms with E-state index in [4.69, 9.17) is 4.74 Å². The lowest BCUT2D eigenvalue weighted by atomic mass is 9.78. The summed E-state index contributed by atoms with van der Waals surface area (Å²) in [7, 11) is -3.88. The molecule has 1 heterocycles. The molecule has 0 fully saturated rings. The molecule has 2 atom stereocenters. The molecule has 2 aromatic carbocycles. The minimum atomic E-state index is -3.88. The number of carbonyl (C=O) groups excluding carboxylic acids is 1. The summed E-state index contributed by atoms with van der Waals surface area (Å²) < 4.78 is 34.2. The molecule has 0 amide bonds. The third-order valence-corrected chi connectivity index (χ3v) is 7.49. The van der Waals surface area contributed by atoms with Gasteiger partial charge in [-0.3, -0.25) is 4.31 Å². The number of sulfonamides is 1. The molecule has 0 unspecified atom stereocenters. The van der Waals surface area contributed by atoms with Crippen LogP contribution in [-0.2, 0) is 19.6 Å². The molecule has 0 saturated heterocycles. The molecule has 5 nitrogen and oxygen atoms in total. The molecule has 30 heavy (non-hydrogen) atoms. The fourth-order valence-electron chi connectivity index (χ4n) is 4.28. The molecule has 0 aromatic heterocycles. The predicted octanol–water partition coefficient (Wildman–Crippen LogP) is 4.41. The second-order valence-corrected chi connectivity index (χ2v) is 9.40. The van der Waals surface area contributed by atoms with Gasteiger partial charge < -0.3 is 4.74 Å². The average molecular weight is 424 g/mol. The Morgan fingerprint density at radius 2 is 1.90 bits per heavy atom. The van der Waals surface area contributed by atoms with Crippen molar-refractivity contribution in [3.05, 3.63) is 83.4 Å². The van der Waals surface area contributed by atoms with Crippen LogP contribution in [0.15, 0.2) is 71.7 Å². The van der Waals surface area contributed by atoms with Crippen LogP contribution in [0.5, 0.6) is 0 Å². The van der Waals surface area contributed by atoms with Crippen LogP contribution >= 0.6 is 0 Å². The van der Waals surface area contributed by atoms with Crippen LogP contribution in [0.4, 0.5) is 0 Å². The van der Waals surface area contributed by atoms with E-state index in [1.807, 2.05) is 31.2 Å². The lowest BCUT2D eigenvalue weighted by Crippen LogP contribution is -2.46. The monoisotopic (exact) mass is 423 g/mol. The standard InChI is InChI=1S/C24H25NO4S/c1-3-29-24(26)16-23-21-10-5-4-8-19(21)20-9-6-7-11-22(20)25(23)30(27,28)18-14-12-17(2)13-15-18/h4-6,8-10,12-16,20,22H,3,7,11H2,1-2H3/b23-16+/t20-,22+/m0/s1. The van der Waals surface area contributed by atoms with E-state index in [9.17, 15) is 13.2 Å². The topological polar surface area (TPSA) is 63.7 Å². The Morgan fingerprint density at radius 3 is 2.63 bits per heavy atom. The van der Waals surface area contributed by atoms with E-state index < -0.39 is 16.0 Å². The Kier molecular flexibility index (Phi) is 5.52. The lowest BCUT2D eigenvalue weighted by molar-refractivity contribution is -0.137. The third-order valence-electron chi connectivity index (χ3n) is 5.64. The zero-order valence-electron chi connectivity index (χ0n) is 17.1. The molecule has 0 bridgehead atoms. The van der Waals surface area contributed by atoms with Gasteiger partial charge in [0.15, 0.2) is 0 Å². The quantitative estimate of drug-likeness (QED) is 0.415. The van der Waals surface area contributed by atoms with Crippen molar-refractivity contribution in [2.24, 2.45) is 0 Å². The van der Waals surface area contributed by atoms with Gasteiger partial charge in [0, 0.05) is 17.6 Å². The first-order valence-corrected chi connectivity index (χ1v) is 11.6. The number of allylic oxidation sites excluding steroid dienone is 1. The predicted molar refractivity (Wildman–Crippen MR) is 116 cm³/mol. The van der Waals surface area contributed by atoms with Gasteiger partial charge in [0.25, 0.3) is 10.0 Å². The molecule has 1 aliphatic heterocycles. The van der Waals surface area contributed by atoms with Crippen LogP contribution in [0.2, 0.25) is 0 Å². The van der Waals surface area contributed by atoms with Crippen molar-refractivity contribution < 1.29 is 17.9 Å². The summed E-state index contributed by atoms with van der Waals surface area (Å²) in [5, 5.41) is 0. The number of benzene rings is 2. The van der Waals surface area contributed by atoms with Gasteiger partial charge in [-0.25, -0.2) is 13.2 Å². The molecule has 2 aliphatic rings. The molecular formula is C24H25NO4S. The summed E-state index contributed by atoms with van der Waals surface area (Å²) in [6.07, 6.45) is 6.99. The van der Waals surface area contributed by atoms with Gasteiger partial charge in [-0.1, -0.05) is 54.1 Å². The van der Waals surface area contributed by atoms with E-state index in [-0.39, 0.29) is 23.5 Å². The molecule has 0 radical (unpaired) electrons. The molecular weight excluding hydrogens is 398 g/mol. The minimum absolute atomic E-state index is 0.0606. The summed E-state index contributed by atoms with van der Waals surface area (Å²) in [6.45, 7) is 3.87. The van der Waals surface area contributed by atoms with E-state index in [0.717, 1.165) is 23.1 Å². The highest BCUT2D eigenvalue weighted by atomic mass is 32.2. The van der Waals surface area contributed by atoms with Crippen LogP contribution in [0.25, 0.3) is 5.70 Å². The van der Waals surface area contributed by atoms with E-state index in [1.165, 1.54) is 10.4 Å². The minimum Gasteiger partial charge on any atom is -0.463 e. The number of carbonyl (C=O) groups is 1. The van der Waals surface area contributed by atoms with Crippen LogP contribution < -0.4 is 0 Å². The van der Waals surface area contributed by atoms with Crippen molar-refractivity contribution in [1.82, 2.24) is 4.31 Å². The smallest absolute Gasteiger partial charge is 0.332 e. The first-order valence-electron chi connectivity index (χ1n) is 10.2. The highest BCUT2D eigenvalue weighted by Gasteiger charge is 2.43. The van der Waals surface area contributed by atoms with Gasteiger partial charge in [0.1, 0.15) is 0 Å². The maximum atomic E-state index is 13.8. The number of aryl methyl sites for hydroxylation is 1. The average Bonchev–Trinajstić information content (AvgIpc) is 2.74. The molecule has 1 aliphatic carbocycles. The molecule has 156 valence electrons. The van der Waals surface area contributed by atoms with Crippen molar-refractivity contribution in [2.45, 2.75) is 43.5 Å². The Labute approximate surface area is 177 Å². The first-order chi connectivity index (χ1) is 14.4. The molecule has 2 aromatic rings. The van der Waals surface area contributed by atoms with Crippen molar-refractivity contribution >= 4 is 21.7 Å². The fourth-order valence-corrected chi connectivity index (χ4v) is 5.99. The number of rotatable bonds is 4. The fraction of sp³-hybridized carbons (Fsp3) is 0.292. The summed E-state index contributed by atoms with van der Waals surface area (Å²) in [5.74, 6) is -0.606. The van der Waals surface area contributed by atoms with Crippen LogP contribution in [-0.4, -0.2) is 31.3 Å². The van der Waals surface area contributed by atoms with Crippen molar-refractivity contribution in [1.29, 1.82) is 0 Å². The van der Waals surface area contributed by atoms with Crippen LogP contribution in [0, 0.1) is 6.92 Å². The van der Waals surface area contributed by atoms with E-state index >= 15 is 0 Å². The van der Waals surface area contributed by atoms with Gasteiger partial charge in [0.05, 0.1) is 23.2 Å². The van der Waals surface area contributed by atoms with Gasteiger partial charge in [0.2, 0.25) is 0 Å². The number of esters is 1. The zero-order chi connectivity index (χ0) is 21.3. The largest absolute Gasteiger partial charge is 0.463 e. The van der Waals surface area contributed by atoms with Gasteiger partial charge in [-0.05, 0) is 44.4 Å². The summed E-state index contributed by atoms with van der Waals surface area (Å²) in [4.78, 5) is 12.6. The Bertz CT molecular complexity index is 1120. The van der Waals surface area contributed by atoms with Gasteiger partial charge >= 0.3 is 5.97 Å². The number of hydrogen-bond acceptors (Lipinski definition) is 4. The van der Waals surface area contributed by atoms with Crippen molar-refractivity contribution in [3.63, 3.8) is 0 Å². The summed E-state index contributed by atoms with van der Waals surface area (Å²) in [5.41, 5.74) is 3.14. The second-order valence-electron chi connectivity index (χ2n) is 7.58. The SMILES string of the molecule is CCOC(=O)/C=C1\c2ccccc2[C@@H]2C=CCC[C@H]2N1S(=O)(=O)c1ccc(C)cc1. The number of ether oxygens (including phenoxy) is 1. The number of hydrogen-bond donors (Lipinski definition) is 0. The van der Waals surface area contributed by atoms with E-state index in [0.29, 0.717) is 12.1 Å². The van der Waals surface area contributed by atoms with Crippen molar-refractivity contribution in [2.75, 3.05) is 6.61 Å². The van der Waals surface area contributed by atoms with Crippen LogP contribution in [0.3, 0.4) is 0 Å². The maximum absolute atomic E-state index is 13.8. The molecule has 0 N–H and O–H groups in total. The maximum Gasteiger partial charge on any atom is 0.332 e. The van der Waals surface area contributed by atoms with E-state index in [1.54, 1.807) is 31.2 Å². The molecule has 6 heteroatoms. The summed E-state index contributed by atoms with van der Waals surface area (Å²) in [6, 6.07) is 14.2. The molecule has 0 spiro atoms. The normalized spacial score (nSPS) is 21.8. The number of fused-ring (bicyclic) bond motifs is 3. The highest BCUT2D eigenvalue weighted by Crippen LogP contribution is 2.46. The Morgan fingerprint density at radius 1 is 1.17 bits per heavy atom.